The van der Waals surface area contributed by atoms with Crippen molar-refractivity contribution in [1.29, 1.82) is 0 Å². The summed E-state index contributed by atoms with van der Waals surface area (Å²) in [7, 11) is 1.67. The lowest BCUT2D eigenvalue weighted by atomic mass is 10.0. The van der Waals surface area contributed by atoms with Crippen LogP contribution in [0.25, 0.3) is 22.3 Å². The van der Waals surface area contributed by atoms with E-state index in [2.05, 4.69) is 30.8 Å². The van der Waals surface area contributed by atoms with E-state index in [1.807, 2.05) is 50.2 Å². The van der Waals surface area contributed by atoms with Crippen LogP contribution in [0.5, 0.6) is 11.5 Å². The Hall–Kier alpha value is -3.33. The highest BCUT2D eigenvalue weighted by Gasteiger charge is 2.01. The van der Waals surface area contributed by atoms with Crippen LogP contribution in [0.1, 0.15) is 26.7 Å². The zero-order chi connectivity index (χ0) is 21.5. The van der Waals surface area contributed by atoms with Gasteiger partial charge in [0.15, 0.2) is 0 Å². The maximum absolute atomic E-state index is 9.40. The molecule has 3 rings (SSSR count). The van der Waals surface area contributed by atoms with Gasteiger partial charge in [-0.1, -0.05) is 61.5 Å². The van der Waals surface area contributed by atoms with E-state index in [1.165, 1.54) is 5.56 Å². The highest BCUT2D eigenvalue weighted by Crippen LogP contribution is 2.27. The Balaban J connectivity index is 0.000000452. The van der Waals surface area contributed by atoms with Gasteiger partial charge in [-0.25, -0.2) is 0 Å². The molecule has 0 spiro atoms. The molecule has 0 aliphatic heterocycles. The first-order valence-corrected chi connectivity index (χ1v) is 9.64. The highest BCUT2D eigenvalue weighted by molar-refractivity contribution is 5.71. The van der Waals surface area contributed by atoms with E-state index in [1.54, 1.807) is 25.3 Å². The van der Waals surface area contributed by atoms with E-state index in [4.69, 9.17) is 4.74 Å². The number of aromatic hydroxyl groups is 1. The molecule has 3 nitrogen and oxygen atoms in total. The smallest absolute Gasteiger partial charge is 0.119 e. The second kappa shape index (κ2) is 13.8. The summed E-state index contributed by atoms with van der Waals surface area (Å²) in [6.07, 6.45) is 4.36. The number of phenols is 1. The van der Waals surface area contributed by atoms with Gasteiger partial charge in [-0.3, -0.25) is 0 Å². The lowest BCUT2D eigenvalue weighted by Crippen LogP contribution is -1.83. The van der Waals surface area contributed by atoms with Crippen LogP contribution in [-0.4, -0.2) is 18.5 Å². The van der Waals surface area contributed by atoms with Crippen molar-refractivity contribution >= 4 is 6.29 Å². The number of rotatable bonds is 5. The minimum Gasteiger partial charge on any atom is -0.508 e. The van der Waals surface area contributed by atoms with Crippen LogP contribution in [0.4, 0.5) is 0 Å². The molecule has 0 atom stereocenters. The molecule has 0 unspecified atom stereocenters. The molecule has 0 amide bonds. The maximum Gasteiger partial charge on any atom is 0.119 e. The number of carbonyl (C=O) groups excluding carboxylic acids is 1. The zero-order valence-corrected chi connectivity index (χ0v) is 17.5. The molecule has 0 radical (unpaired) electrons. The Kier molecular flexibility index (Phi) is 11.3. The highest BCUT2D eigenvalue weighted by atomic mass is 16.5. The van der Waals surface area contributed by atoms with Gasteiger partial charge in [0.25, 0.3) is 0 Å². The Morgan fingerprint density at radius 1 is 0.828 bits per heavy atom. The lowest BCUT2D eigenvalue weighted by Gasteiger charge is -2.06. The molecule has 0 bridgehead atoms. The van der Waals surface area contributed by atoms with Crippen LogP contribution in [0.15, 0.2) is 85.5 Å². The van der Waals surface area contributed by atoms with Crippen LogP contribution < -0.4 is 4.74 Å². The van der Waals surface area contributed by atoms with Gasteiger partial charge in [-0.15, -0.1) is 6.58 Å². The molecule has 29 heavy (non-hydrogen) atoms. The normalized spacial score (nSPS) is 9.21. The molecule has 0 heterocycles. The van der Waals surface area contributed by atoms with Crippen molar-refractivity contribution in [3.63, 3.8) is 0 Å². The molecule has 0 saturated carbocycles. The average molecular weight is 391 g/mol. The minimum absolute atomic E-state index is 0.286. The molecule has 152 valence electrons. The molecule has 1 N–H and O–H groups in total. The number of hydrogen-bond donors (Lipinski definition) is 1. The van der Waals surface area contributed by atoms with Crippen molar-refractivity contribution in [3.8, 4) is 33.8 Å². The van der Waals surface area contributed by atoms with Gasteiger partial charge < -0.3 is 14.6 Å². The second-order valence-electron chi connectivity index (χ2n) is 6.22. The number of carbonyl (C=O) groups is 1. The van der Waals surface area contributed by atoms with E-state index >= 15 is 0 Å². The van der Waals surface area contributed by atoms with Crippen molar-refractivity contribution in [1.82, 2.24) is 0 Å². The fourth-order valence-electron chi connectivity index (χ4n) is 2.41. The number of hydrogen-bond acceptors (Lipinski definition) is 3. The molecule has 3 heteroatoms. The zero-order valence-electron chi connectivity index (χ0n) is 17.5. The molecule has 0 aromatic heterocycles. The molecule has 3 aromatic rings. The summed E-state index contributed by atoms with van der Waals surface area (Å²) in [5, 5.41) is 9.33. The van der Waals surface area contributed by atoms with Crippen LogP contribution in [0, 0.1) is 0 Å². The van der Waals surface area contributed by atoms with Crippen LogP contribution >= 0.6 is 0 Å². The summed E-state index contributed by atoms with van der Waals surface area (Å²) in [5.41, 5.74) is 4.55. The first kappa shape index (κ1) is 23.7. The molecule has 3 aromatic carbocycles. The summed E-state index contributed by atoms with van der Waals surface area (Å²) in [6, 6.07) is 23.6. The quantitative estimate of drug-likeness (QED) is 0.380. The predicted molar refractivity (Wildman–Crippen MR) is 122 cm³/mol. The van der Waals surface area contributed by atoms with E-state index in [0.29, 0.717) is 6.42 Å². The molecule has 0 saturated heterocycles. The standard InChI is InChI=1S/C19H16O2.C4H8O.C3H6/c1-21-19-12-8-17(9-13-19)15-4-2-14(3-5-15)16-6-10-18(20)11-7-16;1-2-3-4-5;1-3-2/h2-13,20H,1H3;4H,2-3H2,1H3;3H,1H2,2H3. The third-order valence-corrected chi connectivity index (χ3v) is 3.92. The van der Waals surface area contributed by atoms with Gasteiger partial charge in [-0.2, -0.15) is 0 Å². The van der Waals surface area contributed by atoms with Gasteiger partial charge in [-0.05, 0) is 59.9 Å². The Morgan fingerprint density at radius 3 is 1.45 bits per heavy atom. The number of methoxy groups -OCH3 is 1. The molecule has 0 aliphatic rings. The van der Waals surface area contributed by atoms with Crippen molar-refractivity contribution in [3.05, 3.63) is 85.5 Å². The van der Waals surface area contributed by atoms with Gasteiger partial charge in [0.1, 0.15) is 17.8 Å². The fraction of sp³-hybridized carbons (Fsp3) is 0.192. The maximum atomic E-state index is 9.40. The van der Waals surface area contributed by atoms with Crippen molar-refractivity contribution in [2.45, 2.75) is 26.7 Å². The molecule has 0 fully saturated rings. The third kappa shape index (κ3) is 8.48. The number of benzene rings is 3. The SMILES string of the molecule is C=CC.CCCC=O.COc1ccc(-c2ccc(-c3ccc(O)cc3)cc2)cc1. The minimum atomic E-state index is 0.286. The van der Waals surface area contributed by atoms with E-state index in [0.717, 1.165) is 35.1 Å². The van der Waals surface area contributed by atoms with Gasteiger partial charge in [0, 0.05) is 6.42 Å². The van der Waals surface area contributed by atoms with E-state index in [9.17, 15) is 9.90 Å². The number of phenolic OH excluding ortho intramolecular Hbond substituents is 1. The lowest BCUT2D eigenvalue weighted by molar-refractivity contribution is -0.107. The summed E-state index contributed by atoms with van der Waals surface area (Å²) in [4.78, 5) is 9.40. The molecular formula is C26H30O3. The van der Waals surface area contributed by atoms with Crippen molar-refractivity contribution in [2.24, 2.45) is 0 Å². The Labute approximate surface area is 174 Å². The van der Waals surface area contributed by atoms with Gasteiger partial charge in [0.05, 0.1) is 7.11 Å². The molecule has 0 aliphatic carbocycles. The first-order chi connectivity index (χ1) is 14.1. The fourth-order valence-corrected chi connectivity index (χ4v) is 2.41. The monoisotopic (exact) mass is 390 g/mol. The van der Waals surface area contributed by atoms with Crippen LogP contribution in [0.3, 0.4) is 0 Å². The summed E-state index contributed by atoms with van der Waals surface area (Å²) < 4.78 is 5.17. The topological polar surface area (TPSA) is 46.5 Å². The largest absolute Gasteiger partial charge is 0.508 e. The summed E-state index contributed by atoms with van der Waals surface area (Å²) in [5.74, 6) is 1.15. The summed E-state index contributed by atoms with van der Waals surface area (Å²) >= 11 is 0. The van der Waals surface area contributed by atoms with Crippen LogP contribution in [-0.2, 0) is 4.79 Å². The second-order valence-corrected chi connectivity index (χ2v) is 6.22. The van der Waals surface area contributed by atoms with Gasteiger partial charge >= 0.3 is 0 Å². The Morgan fingerprint density at radius 2 is 1.17 bits per heavy atom. The van der Waals surface area contributed by atoms with Crippen LogP contribution in [0.2, 0.25) is 0 Å². The van der Waals surface area contributed by atoms with E-state index < -0.39 is 0 Å². The van der Waals surface area contributed by atoms with Crippen molar-refractivity contribution < 1.29 is 14.6 Å². The first-order valence-electron chi connectivity index (χ1n) is 9.64. The third-order valence-electron chi connectivity index (χ3n) is 3.92. The number of ether oxygens (including phenoxy) is 1. The molecular weight excluding hydrogens is 360 g/mol. The number of aldehydes is 1. The van der Waals surface area contributed by atoms with E-state index in [-0.39, 0.29) is 5.75 Å². The number of allylic oxidation sites excluding steroid dienone is 1. The predicted octanol–water partition coefficient (Wildman–Crippen LogP) is 6.91. The number of unbranched alkanes of at least 4 members (excludes halogenated alkanes) is 1. The average Bonchev–Trinajstić information content (AvgIpc) is 2.76. The Bertz CT molecular complexity index is 833. The van der Waals surface area contributed by atoms with Crippen molar-refractivity contribution in [2.75, 3.05) is 7.11 Å². The summed E-state index contributed by atoms with van der Waals surface area (Å²) in [6.45, 7) is 7.23. The van der Waals surface area contributed by atoms with Gasteiger partial charge in [0.2, 0.25) is 0 Å².